The van der Waals surface area contributed by atoms with Crippen LogP contribution in [0.5, 0.6) is 5.75 Å². The molecule has 0 atom stereocenters. The lowest BCUT2D eigenvalue weighted by atomic mass is 10.2. The van der Waals surface area contributed by atoms with Crippen molar-refractivity contribution in [3.63, 3.8) is 0 Å². The van der Waals surface area contributed by atoms with Crippen molar-refractivity contribution in [2.45, 2.75) is 6.92 Å². The lowest BCUT2D eigenvalue weighted by Crippen LogP contribution is -2.01. The van der Waals surface area contributed by atoms with Gasteiger partial charge in [0.15, 0.2) is 17.4 Å². The summed E-state index contributed by atoms with van der Waals surface area (Å²) in [6.07, 6.45) is 0. The van der Waals surface area contributed by atoms with Gasteiger partial charge in [0.2, 0.25) is 0 Å². The second kappa shape index (κ2) is 6.37. The number of ether oxygens (including phenoxy) is 1. The number of nitrogens with two attached hydrogens (primary N) is 1. The summed E-state index contributed by atoms with van der Waals surface area (Å²) in [5.74, 6) is -1.20. The van der Waals surface area contributed by atoms with E-state index >= 15 is 0 Å². The Labute approximate surface area is 130 Å². The molecule has 3 N–H and O–H groups in total. The standard InChI is InChI=1S/C14H12Cl2F2N2O/c1-2-21-13-6-12(11(19)5-10(13)17)20-7-3-8(15)14(18)9(16)4-7/h3-6,20H,2,19H2,1H3. The summed E-state index contributed by atoms with van der Waals surface area (Å²) in [4.78, 5) is 0. The van der Waals surface area contributed by atoms with Gasteiger partial charge in [-0.25, -0.2) is 8.78 Å². The number of nitrogens with one attached hydrogen (secondary N) is 1. The molecule has 2 aromatic rings. The zero-order valence-corrected chi connectivity index (χ0v) is 12.5. The predicted octanol–water partition coefficient (Wildman–Crippen LogP) is 5.00. The maximum atomic E-state index is 13.6. The van der Waals surface area contributed by atoms with Crippen LogP contribution in [0.3, 0.4) is 0 Å². The summed E-state index contributed by atoms with van der Waals surface area (Å²) in [5.41, 5.74) is 6.74. The predicted molar refractivity (Wildman–Crippen MR) is 81.7 cm³/mol. The molecule has 0 saturated carbocycles. The summed E-state index contributed by atoms with van der Waals surface area (Å²) in [7, 11) is 0. The molecule has 0 aliphatic rings. The molecule has 7 heteroatoms. The fourth-order valence-corrected chi connectivity index (χ4v) is 2.21. The molecule has 2 rings (SSSR count). The smallest absolute Gasteiger partial charge is 0.167 e. The maximum Gasteiger partial charge on any atom is 0.167 e. The highest BCUT2D eigenvalue weighted by Crippen LogP contribution is 2.33. The Morgan fingerprint density at radius 2 is 1.76 bits per heavy atom. The average molecular weight is 333 g/mol. The van der Waals surface area contributed by atoms with Gasteiger partial charge in [-0.05, 0) is 19.1 Å². The summed E-state index contributed by atoms with van der Waals surface area (Å²) in [5, 5.41) is 2.64. The third-order valence-corrected chi connectivity index (χ3v) is 3.22. The first-order valence-corrected chi connectivity index (χ1v) is 6.81. The van der Waals surface area contributed by atoms with Gasteiger partial charge in [-0.15, -0.1) is 0 Å². The van der Waals surface area contributed by atoms with Gasteiger partial charge in [-0.2, -0.15) is 0 Å². The van der Waals surface area contributed by atoms with Crippen LogP contribution in [0.4, 0.5) is 25.8 Å². The van der Waals surface area contributed by atoms with Gasteiger partial charge < -0.3 is 15.8 Å². The van der Waals surface area contributed by atoms with Crippen LogP contribution in [-0.2, 0) is 0 Å². The molecule has 21 heavy (non-hydrogen) atoms. The SMILES string of the molecule is CCOc1cc(Nc2cc(Cl)c(F)c(Cl)c2)c(N)cc1F. The van der Waals surface area contributed by atoms with E-state index in [9.17, 15) is 8.78 Å². The van der Waals surface area contributed by atoms with Crippen molar-refractivity contribution in [2.75, 3.05) is 17.7 Å². The van der Waals surface area contributed by atoms with Crippen LogP contribution in [0.1, 0.15) is 6.92 Å². The molecule has 0 bridgehead atoms. The number of anilines is 3. The molecule has 3 nitrogen and oxygen atoms in total. The normalized spacial score (nSPS) is 10.5. The monoisotopic (exact) mass is 332 g/mol. The van der Waals surface area contributed by atoms with Crippen molar-refractivity contribution in [3.05, 3.63) is 45.9 Å². The Kier molecular flexibility index (Phi) is 4.75. The molecular weight excluding hydrogens is 321 g/mol. The summed E-state index contributed by atoms with van der Waals surface area (Å²) >= 11 is 11.4. The highest BCUT2D eigenvalue weighted by molar-refractivity contribution is 6.35. The van der Waals surface area contributed by atoms with Crippen molar-refractivity contribution in [3.8, 4) is 5.75 Å². The minimum Gasteiger partial charge on any atom is -0.491 e. The number of benzene rings is 2. The Morgan fingerprint density at radius 1 is 1.14 bits per heavy atom. The molecule has 0 amide bonds. The molecule has 112 valence electrons. The molecule has 0 aliphatic carbocycles. The first-order valence-electron chi connectivity index (χ1n) is 6.05. The van der Waals surface area contributed by atoms with Gasteiger partial charge in [-0.1, -0.05) is 23.2 Å². The van der Waals surface area contributed by atoms with Gasteiger partial charge in [0.25, 0.3) is 0 Å². The largest absolute Gasteiger partial charge is 0.491 e. The zero-order chi connectivity index (χ0) is 15.6. The fourth-order valence-electron chi connectivity index (χ4n) is 1.73. The van der Waals surface area contributed by atoms with Crippen molar-refractivity contribution in [1.82, 2.24) is 0 Å². The highest BCUT2D eigenvalue weighted by atomic mass is 35.5. The molecular formula is C14H12Cl2F2N2O. The van der Waals surface area contributed by atoms with Gasteiger partial charge in [0.1, 0.15) is 0 Å². The maximum absolute atomic E-state index is 13.6. The van der Waals surface area contributed by atoms with E-state index in [-0.39, 0.29) is 21.5 Å². The van der Waals surface area contributed by atoms with Crippen molar-refractivity contribution >= 4 is 40.3 Å². The minimum atomic E-state index is -0.703. The summed E-state index contributed by atoms with van der Waals surface area (Å²) in [6, 6.07) is 5.26. The van der Waals surface area contributed by atoms with Crippen molar-refractivity contribution in [1.29, 1.82) is 0 Å². The van der Waals surface area contributed by atoms with Gasteiger partial charge in [-0.3, -0.25) is 0 Å². The quantitative estimate of drug-likeness (QED) is 0.612. The molecule has 0 saturated heterocycles. The molecule has 0 spiro atoms. The van der Waals surface area contributed by atoms with Crippen molar-refractivity contribution < 1.29 is 13.5 Å². The van der Waals surface area contributed by atoms with E-state index in [0.717, 1.165) is 6.07 Å². The Bertz CT molecular complexity index is 657. The van der Waals surface area contributed by atoms with E-state index in [1.807, 2.05) is 0 Å². The van der Waals surface area contributed by atoms with Gasteiger partial charge >= 0.3 is 0 Å². The number of hydrogen-bond donors (Lipinski definition) is 2. The lowest BCUT2D eigenvalue weighted by Gasteiger charge is -2.13. The average Bonchev–Trinajstić information content (AvgIpc) is 2.41. The van der Waals surface area contributed by atoms with Crippen LogP contribution in [0.15, 0.2) is 24.3 Å². The zero-order valence-electron chi connectivity index (χ0n) is 11.0. The van der Waals surface area contributed by atoms with Crippen LogP contribution in [0.2, 0.25) is 10.0 Å². The summed E-state index contributed by atoms with van der Waals surface area (Å²) in [6.45, 7) is 2.05. The second-order valence-electron chi connectivity index (χ2n) is 4.18. The summed E-state index contributed by atoms with van der Waals surface area (Å²) < 4.78 is 32.1. The fraction of sp³-hybridized carbons (Fsp3) is 0.143. The Balaban J connectivity index is 2.37. The minimum absolute atomic E-state index is 0.0634. The molecule has 0 unspecified atom stereocenters. The molecule has 2 aromatic carbocycles. The third-order valence-electron chi connectivity index (χ3n) is 2.67. The topological polar surface area (TPSA) is 47.3 Å². The molecule has 0 aliphatic heterocycles. The third kappa shape index (κ3) is 3.49. The van der Waals surface area contributed by atoms with Crippen LogP contribution in [-0.4, -0.2) is 6.61 Å². The molecule has 0 radical (unpaired) electrons. The Hall–Kier alpha value is -1.72. The van der Waals surface area contributed by atoms with Crippen LogP contribution < -0.4 is 15.8 Å². The first-order chi connectivity index (χ1) is 9.92. The van der Waals surface area contributed by atoms with Gasteiger partial charge in [0, 0.05) is 17.8 Å². The highest BCUT2D eigenvalue weighted by Gasteiger charge is 2.12. The van der Waals surface area contributed by atoms with E-state index in [2.05, 4.69) is 5.32 Å². The molecule has 0 heterocycles. The number of rotatable bonds is 4. The van der Waals surface area contributed by atoms with Crippen LogP contribution >= 0.6 is 23.2 Å². The molecule has 0 fully saturated rings. The van der Waals surface area contributed by atoms with E-state index < -0.39 is 11.6 Å². The molecule has 0 aromatic heterocycles. The number of hydrogen-bond acceptors (Lipinski definition) is 3. The Morgan fingerprint density at radius 3 is 2.33 bits per heavy atom. The van der Waals surface area contributed by atoms with E-state index in [4.69, 9.17) is 33.7 Å². The van der Waals surface area contributed by atoms with Crippen molar-refractivity contribution in [2.24, 2.45) is 0 Å². The van der Waals surface area contributed by atoms with E-state index in [1.165, 1.54) is 18.2 Å². The van der Waals surface area contributed by atoms with Crippen LogP contribution in [0, 0.1) is 11.6 Å². The number of nitrogen functional groups attached to an aromatic ring is 1. The first kappa shape index (κ1) is 15.7. The van der Waals surface area contributed by atoms with E-state index in [1.54, 1.807) is 6.92 Å². The number of halogens is 4. The van der Waals surface area contributed by atoms with E-state index in [0.29, 0.717) is 18.0 Å². The lowest BCUT2D eigenvalue weighted by molar-refractivity contribution is 0.322. The van der Waals surface area contributed by atoms with Gasteiger partial charge in [0.05, 0.1) is 28.0 Å². The second-order valence-corrected chi connectivity index (χ2v) is 5.00. The van der Waals surface area contributed by atoms with Crippen LogP contribution in [0.25, 0.3) is 0 Å².